The van der Waals surface area contributed by atoms with Crippen LogP contribution < -0.4 is 5.56 Å². The number of halogens is 2. The van der Waals surface area contributed by atoms with Crippen LogP contribution in [-0.2, 0) is 6.42 Å². The van der Waals surface area contributed by atoms with Crippen molar-refractivity contribution < 1.29 is 0 Å². The lowest BCUT2D eigenvalue weighted by atomic mass is 10.1. The maximum Gasteiger partial charge on any atom is 0.278 e. The molecule has 31 heavy (non-hydrogen) atoms. The molecule has 0 aliphatic heterocycles. The van der Waals surface area contributed by atoms with Crippen molar-refractivity contribution in [1.82, 2.24) is 19.1 Å². The molecule has 2 aromatic carbocycles. The Balaban J connectivity index is 1.72. The highest BCUT2D eigenvalue weighted by Crippen LogP contribution is 2.27. The third-order valence-corrected chi connectivity index (χ3v) is 6.27. The first-order chi connectivity index (χ1) is 15.1. The van der Waals surface area contributed by atoms with Crippen LogP contribution in [0, 0.1) is 0 Å². The monoisotopic (exact) mass is 534 g/mol. The molecule has 5 nitrogen and oxygen atoms in total. The van der Waals surface area contributed by atoms with Crippen LogP contribution >= 0.6 is 31.9 Å². The molecule has 0 spiro atoms. The van der Waals surface area contributed by atoms with E-state index >= 15 is 0 Å². The van der Waals surface area contributed by atoms with E-state index < -0.39 is 0 Å². The minimum atomic E-state index is -0.169. The summed E-state index contributed by atoms with van der Waals surface area (Å²) in [5.74, 6) is 0. The van der Waals surface area contributed by atoms with E-state index in [4.69, 9.17) is 0 Å². The molecule has 5 aromatic rings. The molecule has 0 aliphatic carbocycles. The van der Waals surface area contributed by atoms with Gasteiger partial charge in [-0.2, -0.15) is 0 Å². The van der Waals surface area contributed by atoms with Gasteiger partial charge in [0.1, 0.15) is 11.2 Å². The van der Waals surface area contributed by atoms with E-state index in [1.807, 2.05) is 83.4 Å². The molecule has 5 rings (SSSR count). The number of hydrogen-bond acceptors (Lipinski definition) is 3. The van der Waals surface area contributed by atoms with Crippen LogP contribution in [0.4, 0.5) is 0 Å². The summed E-state index contributed by atoms with van der Waals surface area (Å²) < 4.78 is 5.48. The van der Waals surface area contributed by atoms with Gasteiger partial charge in [-0.1, -0.05) is 36.4 Å². The molecule has 0 aliphatic rings. The van der Waals surface area contributed by atoms with Gasteiger partial charge in [0.15, 0.2) is 5.65 Å². The van der Waals surface area contributed by atoms with E-state index in [1.54, 1.807) is 10.8 Å². The van der Waals surface area contributed by atoms with Crippen molar-refractivity contribution >= 4 is 43.0 Å². The largest absolute Gasteiger partial charge is 0.298 e. The van der Waals surface area contributed by atoms with Gasteiger partial charge in [0.2, 0.25) is 0 Å². The highest BCUT2D eigenvalue weighted by atomic mass is 79.9. The first-order valence-electron chi connectivity index (χ1n) is 9.66. The minimum Gasteiger partial charge on any atom is -0.298 e. The molecule has 0 amide bonds. The fourth-order valence-corrected chi connectivity index (χ4v) is 4.91. The van der Waals surface area contributed by atoms with Crippen LogP contribution in [0.25, 0.3) is 22.5 Å². The van der Waals surface area contributed by atoms with E-state index in [9.17, 15) is 4.79 Å². The second-order valence-electron chi connectivity index (χ2n) is 7.04. The second-order valence-corrected chi connectivity index (χ2v) is 8.67. The molecule has 0 N–H and O–H groups in total. The number of nitrogens with zero attached hydrogens (tertiary/aromatic N) is 4. The molecule has 0 fully saturated rings. The van der Waals surface area contributed by atoms with Crippen molar-refractivity contribution in [3.8, 4) is 11.4 Å². The van der Waals surface area contributed by atoms with E-state index in [-0.39, 0.29) is 5.56 Å². The van der Waals surface area contributed by atoms with E-state index in [1.165, 1.54) is 0 Å². The molecule has 0 unspecified atom stereocenters. The van der Waals surface area contributed by atoms with Crippen molar-refractivity contribution in [2.45, 2.75) is 6.42 Å². The third-order valence-electron chi connectivity index (χ3n) is 5.03. The lowest BCUT2D eigenvalue weighted by molar-refractivity contribution is 0.922. The predicted octanol–water partition coefficient (Wildman–Crippen LogP) is 5.69. The number of rotatable bonds is 4. The zero-order chi connectivity index (χ0) is 21.4. The summed E-state index contributed by atoms with van der Waals surface area (Å²) in [6.07, 6.45) is 2.14. The van der Waals surface area contributed by atoms with Gasteiger partial charge in [-0.05, 0) is 79.9 Å². The smallest absolute Gasteiger partial charge is 0.278 e. The van der Waals surface area contributed by atoms with Crippen molar-refractivity contribution in [2.75, 3.05) is 0 Å². The Morgan fingerprint density at radius 3 is 2.23 bits per heavy atom. The molecule has 0 atom stereocenters. The maximum absolute atomic E-state index is 13.6. The average Bonchev–Trinajstić information content (AvgIpc) is 3.13. The van der Waals surface area contributed by atoms with E-state index in [0.29, 0.717) is 23.3 Å². The quantitative estimate of drug-likeness (QED) is 0.297. The van der Waals surface area contributed by atoms with Gasteiger partial charge >= 0.3 is 0 Å². The molecule has 0 saturated heterocycles. The summed E-state index contributed by atoms with van der Waals surface area (Å²) in [6.45, 7) is 0. The Bertz CT molecular complexity index is 1440. The Morgan fingerprint density at radius 2 is 1.48 bits per heavy atom. The van der Waals surface area contributed by atoms with Crippen LogP contribution in [-0.4, -0.2) is 19.1 Å². The zero-order valence-corrected chi connectivity index (χ0v) is 19.4. The summed E-state index contributed by atoms with van der Waals surface area (Å²) >= 11 is 7.16. The summed E-state index contributed by atoms with van der Waals surface area (Å²) in [5.41, 5.74) is 4.22. The van der Waals surface area contributed by atoms with Crippen molar-refractivity contribution in [2.24, 2.45) is 0 Å². The van der Waals surface area contributed by atoms with Gasteiger partial charge in [0.25, 0.3) is 5.56 Å². The summed E-state index contributed by atoms with van der Waals surface area (Å²) in [7, 11) is 0. The standard InChI is InChI=1S/C24H16Br2N4O/c25-21-11-12-22(26)29(21)17-8-4-9-18(15-17)30-23-19(10-5-13-27-23)28-20(24(30)31)14-16-6-2-1-3-7-16/h1-13,15H,14H2. The number of pyridine rings is 1. The fraction of sp³-hybridized carbons (Fsp3) is 0.0417. The highest BCUT2D eigenvalue weighted by Gasteiger charge is 2.15. The SMILES string of the molecule is O=c1c(Cc2ccccc2)nc2cccnc2n1-c1cccc(-n2c(Br)ccc2Br)c1. The highest BCUT2D eigenvalue weighted by molar-refractivity contribution is 9.11. The average molecular weight is 536 g/mol. The van der Waals surface area contributed by atoms with Gasteiger partial charge in [-0.3, -0.25) is 13.9 Å². The van der Waals surface area contributed by atoms with Crippen molar-refractivity contribution in [3.63, 3.8) is 0 Å². The minimum absolute atomic E-state index is 0.169. The van der Waals surface area contributed by atoms with Gasteiger partial charge in [-0.15, -0.1) is 0 Å². The zero-order valence-electron chi connectivity index (χ0n) is 16.2. The van der Waals surface area contributed by atoms with Crippen LogP contribution in [0.5, 0.6) is 0 Å². The first kappa shape index (κ1) is 19.9. The maximum atomic E-state index is 13.6. The normalized spacial score (nSPS) is 11.2. The number of benzene rings is 2. The van der Waals surface area contributed by atoms with E-state index in [2.05, 4.69) is 41.8 Å². The van der Waals surface area contributed by atoms with Gasteiger partial charge in [0, 0.05) is 18.3 Å². The van der Waals surface area contributed by atoms with Crippen LogP contribution in [0.15, 0.2) is 99.1 Å². The summed E-state index contributed by atoms with van der Waals surface area (Å²) in [4.78, 5) is 22.7. The molecule has 3 aromatic heterocycles. The molecule has 0 radical (unpaired) electrons. The van der Waals surface area contributed by atoms with Crippen LogP contribution in [0.3, 0.4) is 0 Å². The van der Waals surface area contributed by atoms with Crippen LogP contribution in [0.1, 0.15) is 11.3 Å². The van der Waals surface area contributed by atoms with Crippen molar-refractivity contribution in [3.05, 3.63) is 116 Å². The molecule has 0 bridgehead atoms. The lowest BCUT2D eigenvalue weighted by Gasteiger charge is -2.14. The Morgan fingerprint density at radius 1 is 0.774 bits per heavy atom. The Kier molecular flexibility index (Phi) is 5.29. The third kappa shape index (κ3) is 3.75. The van der Waals surface area contributed by atoms with Crippen molar-refractivity contribution in [1.29, 1.82) is 0 Å². The van der Waals surface area contributed by atoms with Crippen LogP contribution in [0.2, 0.25) is 0 Å². The summed E-state index contributed by atoms with van der Waals surface area (Å²) in [6, 6.07) is 25.3. The van der Waals surface area contributed by atoms with Gasteiger partial charge in [-0.25, -0.2) is 9.97 Å². The van der Waals surface area contributed by atoms with Gasteiger partial charge < -0.3 is 0 Å². The molecular weight excluding hydrogens is 520 g/mol. The number of aromatic nitrogens is 4. The molecule has 0 saturated carbocycles. The number of fused-ring (bicyclic) bond motifs is 1. The molecule has 152 valence electrons. The lowest BCUT2D eigenvalue weighted by Crippen LogP contribution is -2.25. The van der Waals surface area contributed by atoms with E-state index in [0.717, 1.165) is 26.1 Å². The summed E-state index contributed by atoms with van der Waals surface area (Å²) in [5, 5.41) is 0. The fourth-order valence-electron chi connectivity index (χ4n) is 3.62. The topological polar surface area (TPSA) is 52.7 Å². The molecule has 3 heterocycles. The Hall–Kier alpha value is -3.03. The molecule has 7 heteroatoms. The predicted molar refractivity (Wildman–Crippen MR) is 129 cm³/mol. The first-order valence-corrected chi connectivity index (χ1v) is 11.2. The molecular formula is C24H16Br2N4O. The number of hydrogen-bond donors (Lipinski definition) is 0. The Labute approximate surface area is 195 Å². The second kappa shape index (κ2) is 8.24. The van der Waals surface area contributed by atoms with Gasteiger partial charge in [0.05, 0.1) is 14.9 Å².